The van der Waals surface area contributed by atoms with Gasteiger partial charge < -0.3 is 50.5 Å². The molecule has 0 bridgehead atoms. The first kappa shape index (κ1) is 74.3. The Morgan fingerprint density at radius 2 is 0.769 bits per heavy atom. The minimum atomic E-state index is -1.67. The number of carbonyl (C=O) groups is 1. The minimum absolute atomic E-state index is 0.247. The molecular formula is C67H127NO10. The Balaban J connectivity index is 2.27. The summed E-state index contributed by atoms with van der Waals surface area (Å²) >= 11 is 0. The average Bonchev–Trinajstić information content (AvgIpc) is 3.46. The van der Waals surface area contributed by atoms with Crippen molar-refractivity contribution in [1.82, 2.24) is 5.32 Å². The highest BCUT2D eigenvalue weighted by atomic mass is 16.7. The molecule has 1 aliphatic rings. The lowest BCUT2D eigenvalue weighted by Gasteiger charge is -2.40. The van der Waals surface area contributed by atoms with Gasteiger partial charge in [-0.05, 0) is 77.0 Å². The van der Waals surface area contributed by atoms with Gasteiger partial charge in [-0.1, -0.05) is 275 Å². The summed E-state index contributed by atoms with van der Waals surface area (Å²) in [5.41, 5.74) is 0. The molecule has 0 aromatic heterocycles. The maximum absolute atomic E-state index is 13.2. The van der Waals surface area contributed by atoms with E-state index >= 15 is 0 Å². The number of aliphatic hydroxyl groups excluding tert-OH is 7. The first-order valence-corrected chi connectivity index (χ1v) is 33.4. The van der Waals surface area contributed by atoms with Gasteiger partial charge in [-0.15, -0.1) is 0 Å². The number of nitrogens with one attached hydrogen (secondary N) is 1. The van der Waals surface area contributed by atoms with Crippen molar-refractivity contribution in [3.8, 4) is 0 Å². The van der Waals surface area contributed by atoms with Crippen molar-refractivity contribution in [3.63, 3.8) is 0 Å². The quantitative estimate of drug-likeness (QED) is 0.0215. The summed E-state index contributed by atoms with van der Waals surface area (Å²) in [7, 11) is 0. The fraction of sp³-hybridized carbons (Fsp3) is 0.896. The molecule has 78 heavy (non-hydrogen) atoms. The molecule has 0 aliphatic carbocycles. The third-order valence-electron chi connectivity index (χ3n) is 16.1. The Morgan fingerprint density at radius 1 is 0.436 bits per heavy atom. The predicted molar refractivity (Wildman–Crippen MR) is 325 cm³/mol. The Labute approximate surface area is 479 Å². The molecule has 1 heterocycles. The summed E-state index contributed by atoms with van der Waals surface area (Å²) in [5.74, 6) is -0.708. The number of aliphatic hydroxyl groups is 7. The van der Waals surface area contributed by atoms with E-state index in [0.29, 0.717) is 19.3 Å². The number of amides is 1. The first-order chi connectivity index (χ1) is 38.2. The van der Waals surface area contributed by atoms with Crippen LogP contribution in [0.4, 0.5) is 0 Å². The van der Waals surface area contributed by atoms with E-state index < -0.39 is 74.2 Å². The van der Waals surface area contributed by atoms with Crippen LogP contribution in [-0.2, 0) is 14.3 Å². The summed E-state index contributed by atoms with van der Waals surface area (Å²) in [6.07, 6.45) is 59.3. The van der Waals surface area contributed by atoms with Gasteiger partial charge in [-0.2, -0.15) is 0 Å². The Bertz CT molecular complexity index is 1360. The van der Waals surface area contributed by atoms with Crippen molar-refractivity contribution < 1.29 is 50.0 Å². The second-order valence-corrected chi connectivity index (χ2v) is 23.5. The summed E-state index contributed by atoms with van der Waals surface area (Å²) in [4.78, 5) is 13.2. The van der Waals surface area contributed by atoms with Gasteiger partial charge >= 0.3 is 0 Å². The largest absolute Gasteiger partial charge is 0.394 e. The van der Waals surface area contributed by atoms with Crippen LogP contribution in [0.2, 0.25) is 0 Å². The third kappa shape index (κ3) is 43.1. The zero-order valence-electron chi connectivity index (χ0n) is 50.7. The van der Waals surface area contributed by atoms with Crippen molar-refractivity contribution >= 4 is 5.91 Å². The number of hydrogen-bond donors (Lipinski definition) is 8. The van der Waals surface area contributed by atoms with Crippen LogP contribution in [0, 0.1) is 0 Å². The number of allylic oxidation sites excluding steroid dienone is 6. The van der Waals surface area contributed by atoms with E-state index in [-0.39, 0.29) is 12.8 Å². The summed E-state index contributed by atoms with van der Waals surface area (Å²) in [5, 5.41) is 76.4. The minimum Gasteiger partial charge on any atom is -0.394 e. The van der Waals surface area contributed by atoms with Gasteiger partial charge in [-0.25, -0.2) is 0 Å². The third-order valence-corrected chi connectivity index (χ3v) is 16.1. The highest BCUT2D eigenvalue weighted by molar-refractivity contribution is 5.80. The molecule has 1 saturated heterocycles. The van der Waals surface area contributed by atoms with Crippen LogP contribution in [-0.4, -0.2) is 110 Å². The van der Waals surface area contributed by atoms with E-state index in [4.69, 9.17) is 9.47 Å². The molecule has 9 atom stereocenters. The van der Waals surface area contributed by atoms with E-state index in [9.17, 15) is 40.5 Å². The van der Waals surface area contributed by atoms with Crippen LogP contribution < -0.4 is 5.32 Å². The zero-order chi connectivity index (χ0) is 56.8. The lowest BCUT2D eigenvalue weighted by atomic mass is 9.98. The molecule has 0 aromatic rings. The van der Waals surface area contributed by atoms with Crippen LogP contribution in [0.3, 0.4) is 0 Å². The van der Waals surface area contributed by atoms with Gasteiger partial charge in [0.05, 0.1) is 25.4 Å². The fourth-order valence-electron chi connectivity index (χ4n) is 10.8. The van der Waals surface area contributed by atoms with E-state index in [1.807, 2.05) is 0 Å². The average molecular weight is 1110 g/mol. The molecule has 0 aromatic carbocycles. The van der Waals surface area contributed by atoms with E-state index in [1.54, 1.807) is 0 Å². The van der Waals surface area contributed by atoms with Gasteiger partial charge in [0.2, 0.25) is 5.91 Å². The Kier molecular flexibility index (Phi) is 53.2. The zero-order valence-corrected chi connectivity index (χ0v) is 50.7. The monoisotopic (exact) mass is 1110 g/mol. The van der Waals surface area contributed by atoms with E-state index in [2.05, 4.69) is 55.6 Å². The fourth-order valence-corrected chi connectivity index (χ4v) is 10.8. The molecule has 1 aliphatic heterocycles. The second-order valence-electron chi connectivity index (χ2n) is 23.5. The Hall–Kier alpha value is -1.67. The van der Waals surface area contributed by atoms with Gasteiger partial charge in [0.15, 0.2) is 6.29 Å². The molecule has 1 rings (SSSR count). The highest BCUT2D eigenvalue weighted by Crippen LogP contribution is 2.24. The SMILES string of the molecule is CCCCCCCCCCCCCC/C=C\CCCCCCCCCCCCC(O)C(=O)NC(COC1OC(CO)C(O)C(O)C1O)C(O)C(O)CCC/C=C/CC/C=C/CCCCCCCCCCCCCCCCCC. The summed E-state index contributed by atoms with van der Waals surface area (Å²) < 4.78 is 11.2. The standard InChI is InChI=1S/C67H127NO10/c1-3-5-7-9-11-13-15-17-19-21-23-25-27-29-31-33-35-37-39-41-43-45-47-49-51-53-55-60(71)66(76)68-58(57-77-67-65(75)64(74)63(73)61(56-69)78-67)62(72)59(70)54-52-50-48-46-44-42-40-38-36-34-32-30-28-26-24-22-20-18-16-14-12-10-8-6-4-2/h29,31,38,40,46,48,58-65,67,69-75H,3-28,30,32-37,39,41-45,47,49-57H2,1-2H3,(H,68,76)/b31-29-,40-38+,48-46+. The number of rotatable bonds is 58. The summed E-state index contributed by atoms with van der Waals surface area (Å²) in [6.45, 7) is 3.48. The van der Waals surface area contributed by atoms with Gasteiger partial charge in [-0.3, -0.25) is 4.79 Å². The van der Waals surface area contributed by atoms with E-state index in [1.165, 1.54) is 231 Å². The lowest BCUT2D eigenvalue weighted by molar-refractivity contribution is -0.303. The van der Waals surface area contributed by atoms with Crippen LogP contribution in [0.1, 0.15) is 316 Å². The van der Waals surface area contributed by atoms with Crippen LogP contribution in [0.15, 0.2) is 36.5 Å². The van der Waals surface area contributed by atoms with Gasteiger partial charge in [0.25, 0.3) is 0 Å². The topological polar surface area (TPSA) is 189 Å². The van der Waals surface area contributed by atoms with Gasteiger partial charge in [0.1, 0.15) is 36.6 Å². The molecule has 11 heteroatoms. The normalized spacial score (nSPS) is 19.6. The van der Waals surface area contributed by atoms with Crippen molar-refractivity contribution in [3.05, 3.63) is 36.5 Å². The molecular weight excluding hydrogens is 979 g/mol. The molecule has 0 spiro atoms. The molecule has 0 saturated carbocycles. The number of ether oxygens (including phenoxy) is 2. The molecule has 1 fully saturated rings. The molecule has 460 valence electrons. The van der Waals surface area contributed by atoms with E-state index in [0.717, 1.165) is 38.5 Å². The second kappa shape index (κ2) is 55.8. The first-order valence-electron chi connectivity index (χ1n) is 33.4. The van der Waals surface area contributed by atoms with Crippen LogP contribution >= 0.6 is 0 Å². The number of carbonyl (C=O) groups excluding carboxylic acids is 1. The van der Waals surface area contributed by atoms with Crippen molar-refractivity contribution in [2.24, 2.45) is 0 Å². The van der Waals surface area contributed by atoms with Crippen molar-refractivity contribution in [2.45, 2.75) is 371 Å². The number of hydrogen-bond acceptors (Lipinski definition) is 10. The predicted octanol–water partition coefficient (Wildman–Crippen LogP) is 15.4. The molecule has 1 amide bonds. The van der Waals surface area contributed by atoms with Crippen molar-refractivity contribution in [2.75, 3.05) is 13.2 Å². The summed E-state index contributed by atoms with van der Waals surface area (Å²) in [6, 6.07) is -1.19. The molecule has 9 unspecified atom stereocenters. The van der Waals surface area contributed by atoms with Gasteiger partial charge in [0, 0.05) is 0 Å². The molecule has 11 nitrogen and oxygen atoms in total. The van der Waals surface area contributed by atoms with Crippen LogP contribution in [0.25, 0.3) is 0 Å². The highest BCUT2D eigenvalue weighted by Gasteiger charge is 2.44. The lowest BCUT2D eigenvalue weighted by Crippen LogP contribution is -2.60. The molecule has 0 radical (unpaired) electrons. The maximum atomic E-state index is 13.2. The molecule has 8 N–H and O–H groups in total. The smallest absolute Gasteiger partial charge is 0.249 e. The van der Waals surface area contributed by atoms with Crippen LogP contribution in [0.5, 0.6) is 0 Å². The van der Waals surface area contributed by atoms with Crippen molar-refractivity contribution in [1.29, 1.82) is 0 Å². The Morgan fingerprint density at radius 3 is 1.14 bits per heavy atom. The maximum Gasteiger partial charge on any atom is 0.249 e. The number of unbranched alkanes of at least 4 members (excludes halogenated alkanes) is 40.